The van der Waals surface area contributed by atoms with Crippen LogP contribution in [0.5, 0.6) is 0 Å². The molecular weight excluding hydrogens is 370 g/mol. The summed E-state index contributed by atoms with van der Waals surface area (Å²) in [5.41, 5.74) is 0.973. The molecule has 0 N–H and O–H groups in total. The fourth-order valence-corrected chi connectivity index (χ4v) is 2.67. The summed E-state index contributed by atoms with van der Waals surface area (Å²) in [6.45, 7) is 0. The normalized spacial score (nSPS) is 12.1. The third-order valence-corrected chi connectivity index (χ3v) is 3.87. The Labute approximate surface area is 151 Å². The van der Waals surface area contributed by atoms with E-state index in [1.807, 2.05) is 0 Å². The molecular formula is C18H12ClF4N3. The maximum atomic E-state index is 14.1. The standard InChI is InChI=1S/C18H12ClF4N3/c1-26-17(12-5-2-4-11(10-12)8-9-18(21,22)23)24-16(25-26)15-13(19)6-3-7-14(15)20/h2-10H,1H3. The third-order valence-electron chi connectivity index (χ3n) is 3.56. The summed E-state index contributed by atoms with van der Waals surface area (Å²) in [7, 11) is 1.61. The third kappa shape index (κ3) is 3.94. The minimum atomic E-state index is -4.39. The van der Waals surface area contributed by atoms with Crippen LogP contribution in [0.1, 0.15) is 5.56 Å². The summed E-state index contributed by atoms with van der Waals surface area (Å²) in [6.07, 6.45) is -3.27. The lowest BCUT2D eigenvalue weighted by atomic mass is 10.1. The van der Waals surface area contributed by atoms with Gasteiger partial charge in [0, 0.05) is 18.7 Å². The van der Waals surface area contributed by atoms with Crippen LogP contribution in [0.3, 0.4) is 0 Å². The Balaban J connectivity index is 2.02. The highest BCUT2D eigenvalue weighted by molar-refractivity contribution is 6.33. The van der Waals surface area contributed by atoms with Crippen LogP contribution in [-0.2, 0) is 7.05 Å². The van der Waals surface area contributed by atoms with Crippen LogP contribution in [0, 0.1) is 5.82 Å². The molecule has 8 heteroatoms. The first kappa shape index (κ1) is 18.1. The molecule has 0 spiro atoms. The Bertz CT molecular complexity index is 957. The SMILES string of the molecule is Cn1nc(-c2c(F)cccc2Cl)nc1-c1cccc(C=CC(F)(F)F)c1. The van der Waals surface area contributed by atoms with Crippen molar-refractivity contribution in [3.63, 3.8) is 0 Å². The number of halogens is 5. The van der Waals surface area contributed by atoms with E-state index in [1.165, 1.54) is 28.9 Å². The Morgan fingerprint density at radius 1 is 1.12 bits per heavy atom. The van der Waals surface area contributed by atoms with E-state index >= 15 is 0 Å². The Morgan fingerprint density at radius 2 is 1.85 bits per heavy atom. The number of benzene rings is 2. The van der Waals surface area contributed by atoms with E-state index in [0.29, 0.717) is 17.0 Å². The van der Waals surface area contributed by atoms with Crippen molar-refractivity contribution >= 4 is 17.7 Å². The molecule has 0 fully saturated rings. The molecule has 0 bridgehead atoms. The second-order valence-electron chi connectivity index (χ2n) is 5.48. The molecule has 26 heavy (non-hydrogen) atoms. The van der Waals surface area contributed by atoms with Crippen molar-refractivity contribution in [1.82, 2.24) is 14.8 Å². The summed E-state index contributed by atoms with van der Waals surface area (Å²) in [6, 6.07) is 10.6. The van der Waals surface area contributed by atoms with Gasteiger partial charge in [-0.25, -0.2) is 14.1 Å². The molecule has 0 aliphatic carbocycles. The summed E-state index contributed by atoms with van der Waals surface area (Å²) in [4.78, 5) is 4.30. The zero-order valence-electron chi connectivity index (χ0n) is 13.4. The van der Waals surface area contributed by atoms with Gasteiger partial charge in [0.25, 0.3) is 0 Å². The maximum Gasteiger partial charge on any atom is 0.409 e. The van der Waals surface area contributed by atoms with Crippen molar-refractivity contribution in [1.29, 1.82) is 0 Å². The van der Waals surface area contributed by atoms with Crippen LogP contribution in [0.25, 0.3) is 28.9 Å². The fourth-order valence-electron chi connectivity index (χ4n) is 2.43. The molecule has 0 saturated carbocycles. The molecule has 1 heterocycles. The van der Waals surface area contributed by atoms with Crippen LogP contribution < -0.4 is 0 Å². The van der Waals surface area contributed by atoms with E-state index in [4.69, 9.17) is 11.6 Å². The number of hydrogen-bond donors (Lipinski definition) is 0. The van der Waals surface area contributed by atoms with Gasteiger partial charge in [0.15, 0.2) is 11.6 Å². The molecule has 0 aliphatic heterocycles. The fraction of sp³-hybridized carbons (Fsp3) is 0.111. The van der Waals surface area contributed by atoms with Crippen LogP contribution in [-0.4, -0.2) is 20.9 Å². The van der Waals surface area contributed by atoms with E-state index in [-0.39, 0.29) is 22.5 Å². The Hall–Kier alpha value is -2.67. The van der Waals surface area contributed by atoms with E-state index in [9.17, 15) is 17.6 Å². The first-order chi connectivity index (χ1) is 12.2. The maximum absolute atomic E-state index is 14.1. The molecule has 3 rings (SSSR count). The quantitative estimate of drug-likeness (QED) is 0.559. The van der Waals surface area contributed by atoms with Crippen molar-refractivity contribution in [2.75, 3.05) is 0 Å². The molecule has 2 aromatic carbocycles. The number of aromatic nitrogens is 3. The second kappa shape index (κ2) is 6.92. The number of aryl methyl sites for hydroxylation is 1. The molecule has 3 aromatic rings. The van der Waals surface area contributed by atoms with Gasteiger partial charge in [-0.1, -0.05) is 41.9 Å². The van der Waals surface area contributed by atoms with Crippen LogP contribution in [0.2, 0.25) is 5.02 Å². The molecule has 0 amide bonds. The van der Waals surface area contributed by atoms with E-state index in [2.05, 4.69) is 10.1 Å². The van der Waals surface area contributed by atoms with Crippen molar-refractivity contribution in [2.45, 2.75) is 6.18 Å². The molecule has 1 aromatic heterocycles. The highest BCUT2D eigenvalue weighted by atomic mass is 35.5. The highest BCUT2D eigenvalue weighted by Gasteiger charge is 2.22. The number of rotatable bonds is 3. The predicted molar refractivity (Wildman–Crippen MR) is 91.9 cm³/mol. The lowest BCUT2D eigenvalue weighted by molar-refractivity contribution is -0.0790. The zero-order chi connectivity index (χ0) is 18.9. The first-order valence-corrected chi connectivity index (χ1v) is 7.84. The molecule has 0 saturated heterocycles. The molecule has 0 atom stereocenters. The monoisotopic (exact) mass is 381 g/mol. The minimum absolute atomic E-state index is 0.0733. The van der Waals surface area contributed by atoms with Crippen molar-refractivity contribution < 1.29 is 17.6 Å². The predicted octanol–water partition coefficient (Wildman–Crippen LogP) is 5.52. The van der Waals surface area contributed by atoms with Gasteiger partial charge in [-0.2, -0.15) is 18.3 Å². The van der Waals surface area contributed by atoms with Gasteiger partial charge in [-0.05, 0) is 23.8 Å². The Kier molecular flexibility index (Phi) is 4.82. The lowest BCUT2D eigenvalue weighted by Gasteiger charge is -2.02. The van der Waals surface area contributed by atoms with E-state index in [1.54, 1.807) is 25.2 Å². The van der Waals surface area contributed by atoms with Gasteiger partial charge < -0.3 is 0 Å². The number of nitrogens with zero attached hydrogens (tertiary/aromatic N) is 3. The largest absolute Gasteiger partial charge is 0.409 e. The smallest absolute Gasteiger partial charge is 0.248 e. The van der Waals surface area contributed by atoms with Gasteiger partial charge in [0.1, 0.15) is 5.82 Å². The second-order valence-corrected chi connectivity index (χ2v) is 5.89. The van der Waals surface area contributed by atoms with Gasteiger partial charge in [0.2, 0.25) is 0 Å². The number of hydrogen-bond acceptors (Lipinski definition) is 2. The number of alkyl halides is 3. The van der Waals surface area contributed by atoms with Gasteiger partial charge >= 0.3 is 6.18 Å². The lowest BCUT2D eigenvalue weighted by Crippen LogP contribution is -2.00. The molecule has 3 nitrogen and oxygen atoms in total. The average molecular weight is 382 g/mol. The van der Waals surface area contributed by atoms with Crippen molar-refractivity contribution in [3.8, 4) is 22.8 Å². The van der Waals surface area contributed by atoms with Gasteiger partial charge in [-0.3, -0.25) is 0 Å². The van der Waals surface area contributed by atoms with Gasteiger partial charge in [0.05, 0.1) is 10.6 Å². The number of allylic oxidation sites excluding steroid dienone is 1. The summed E-state index contributed by atoms with van der Waals surface area (Å²) in [5, 5.41) is 4.35. The topological polar surface area (TPSA) is 30.7 Å². The minimum Gasteiger partial charge on any atom is -0.248 e. The van der Waals surface area contributed by atoms with E-state index < -0.39 is 12.0 Å². The van der Waals surface area contributed by atoms with Crippen molar-refractivity contribution in [3.05, 3.63) is 64.9 Å². The van der Waals surface area contributed by atoms with Crippen LogP contribution in [0.15, 0.2) is 48.5 Å². The van der Waals surface area contributed by atoms with E-state index in [0.717, 1.165) is 6.08 Å². The molecule has 0 radical (unpaired) electrons. The Morgan fingerprint density at radius 3 is 2.54 bits per heavy atom. The van der Waals surface area contributed by atoms with Gasteiger partial charge in [-0.15, -0.1) is 0 Å². The summed E-state index contributed by atoms with van der Waals surface area (Å²) in [5.74, 6) is -0.0834. The first-order valence-electron chi connectivity index (χ1n) is 7.46. The highest BCUT2D eigenvalue weighted by Crippen LogP contribution is 2.30. The zero-order valence-corrected chi connectivity index (χ0v) is 14.2. The summed E-state index contributed by atoms with van der Waals surface area (Å²) >= 11 is 6.04. The average Bonchev–Trinajstić information content (AvgIpc) is 2.94. The summed E-state index contributed by atoms with van der Waals surface area (Å²) < 4.78 is 52.5. The molecule has 134 valence electrons. The molecule has 0 aliphatic rings. The van der Waals surface area contributed by atoms with Crippen LogP contribution in [0.4, 0.5) is 17.6 Å². The van der Waals surface area contributed by atoms with Crippen molar-refractivity contribution in [2.24, 2.45) is 7.05 Å². The van der Waals surface area contributed by atoms with Crippen LogP contribution >= 0.6 is 11.6 Å². The molecule has 0 unspecified atom stereocenters.